The molecule has 0 bridgehead atoms. The highest BCUT2D eigenvalue weighted by Crippen LogP contribution is 2.35. The van der Waals surface area contributed by atoms with Gasteiger partial charge in [0.15, 0.2) is 0 Å². The van der Waals surface area contributed by atoms with Crippen LogP contribution in [-0.2, 0) is 4.74 Å². The zero-order valence-corrected chi connectivity index (χ0v) is 9.08. The molecule has 5 nitrogen and oxygen atoms in total. The van der Waals surface area contributed by atoms with E-state index in [-0.39, 0.29) is 11.4 Å². The molecule has 0 spiro atoms. The van der Waals surface area contributed by atoms with Crippen LogP contribution in [0.5, 0.6) is 0 Å². The van der Waals surface area contributed by atoms with Gasteiger partial charge in [-0.15, -0.1) is 0 Å². The minimum atomic E-state index is -0.450. The molecule has 70 valence electrons. The van der Waals surface area contributed by atoms with Gasteiger partial charge in [-0.25, -0.2) is 4.79 Å². The van der Waals surface area contributed by atoms with Gasteiger partial charge in [-0.05, 0) is 15.9 Å². The lowest BCUT2D eigenvalue weighted by molar-refractivity contribution is 0.125. The third kappa shape index (κ3) is 1.46. The van der Waals surface area contributed by atoms with Crippen molar-refractivity contribution in [3.63, 3.8) is 0 Å². The summed E-state index contributed by atoms with van der Waals surface area (Å²) in [7, 11) is 1.33. The van der Waals surface area contributed by atoms with Crippen LogP contribution >= 0.6 is 27.7 Å². The maximum atomic E-state index is 11.2. The Labute approximate surface area is 87.3 Å². The van der Waals surface area contributed by atoms with Crippen LogP contribution in [0.4, 0.5) is 4.79 Å². The number of rotatable bonds is 0. The van der Waals surface area contributed by atoms with Gasteiger partial charge in [-0.1, -0.05) is 11.8 Å². The summed E-state index contributed by atoms with van der Waals surface area (Å²) >= 11 is 4.72. The third-order valence-corrected chi connectivity index (χ3v) is 3.49. The number of hydrazone groups is 1. The maximum Gasteiger partial charge on any atom is 0.431 e. The first kappa shape index (κ1) is 9.01. The van der Waals surface area contributed by atoms with Crippen molar-refractivity contribution >= 4 is 44.0 Å². The van der Waals surface area contributed by atoms with E-state index in [4.69, 9.17) is 0 Å². The van der Waals surface area contributed by atoms with E-state index in [2.05, 4.69) is 30.8 Å². The Kier molecular flexibility index (Phi) is 2.29. The number of ether oxygens (including phenoxy) is 1. The van der Waals surface area contributed by atoms with Crippen LogP contribution in [0.2, 0.25) is 0 Å². The first-order chi connectivity index (χ1) is 6.22. The molecule has 1 amide bonds. The van der Waals surface area contributed by atoms with Crippen LogP contribution in [0, 0.1) is 0 Å². The Morgan fingerprint density at radius 1 is 1.85 bits per heavy atom. The van der Waals surface area contributed by atoms with Crippen molar-refractivity contribution in [3.05, 3.63) is 0 Å². The van der Waals surface area contributed by atoms with Crippen molar-refractivity contribution in [2.75, 3.05) is 7.11 Å². The fourth-order valence-electron chi connectivity index (χ4n) is 1.13. The number of hydrogen-bond donors (Lipinski definition) is 0. The first-order valence-corrected chi connectivity index (χ1v) is 5.21. The van der Waals surface area contributed by atoms with E-state index in [0.29, 0.717) is 0 Å². The molecule has 7 heteroatoms. The Balaban J connectivity index is 2.13. The minimum absolute atomic E-state index is 0.0431. The Morgan fingerprint density at radius 3 is 3.31 bits per heavy atom. The second-order valence-corrected chi connectivity index (χ2v) is 4.84. The molecule has 2 heterocycles. The maximum absolute atomic E-state index is 11.2. The van der Waals surface area contributed by atoms with E-state index in [1.165, 1.54) is 23.9 Å². The first-order valence-electron chi connectivity index (χ1n) is 3.53. The number of fused-ring (bicyclic) bond motifs is 1. The molecule has 0 aromatic rings. The number of amides is 1. The van der Waals surface area contributed by atoms with Crippen molar-refractivity contribution in [2.45, 2.75) is 11.4 Å². The zero-order chi connectivity index (χ0) is 9.42. The van der Waals surface area contributed by atoms with Crippen LogP contribution in [0.3, 0.4) is 0 Å². The smallest absolute Gasteiger partial charge is 0.431 e. The fraction of sp³-hybridized carbons (Fsp3) is 0.500. The zero-order valence-electron chi connectivity index (χ0n) is 6.68. The van der Waals surface area contributed by atoms with Gasteiger partial charge in [0.2, 0.25) is 0 Å². The number of nitrogens with zero attached hydrogens (tertiary/aromatic N) is 3. The lowest BCUT2D eigenvalue weighted by Crippen LogP contribution is -2.34. The number of thioether (sulfide) groups is 1. The highest BCUT2D eigenvalue weighted by atomic mass is 79.9. The van der Waals surface area contributed by atoms with Gasteiger partial charge < -0.3 is 4.74 Å². The minimum Gasteiger partial charge on any atom is -0.451 e. The quantitative estimate of drug-likeness (QED) is 0.661. The van der Waals surface area contributed by atoms with E-state index >= 15 is 0 Å². The summed E-state index contributed by atoms with van der Waals surface area (Å²) in [6.07, 6.45) is 1.19. The summed E-state index contributed by atoms with van der Waals surface area (Å²) in [4.78, 5) is 15.4. The summed E-state index contributed by atoms with van der Waals surface area (Å²) < 4.78 is 5.37. The molecule has 0 aliphatic carbocycles. The van der Waals surface area contributed by atoms with Gasteiger partial charge in [0.1, 0.15) is 15.4 Å². The highest BCUT2D eigenvalue weighted by Gasteiger charge is 2.40. The number of hydrogen-bond acceptors (Lipinski definition) is 5. The van der Waals surface area contributed by atoms with Crippen LogP contribution in [0.1, 0.15) is 0 Å². The van der Waals surface area contributed by atoms with Gasteiger partial charge in [0.25, 0.3) is 0 Å². The monoisotopic (exact) mass is 263 g/mol. The van der Waals surface area contributed by atoms with Crippen molar-refractivity contribution in [3.8, 4) is 0 Å². The van der Waals surface area contributed by atoms with E-state index in [0.717, 1.165) is 3.95 Å². The molecule has 0 aromatic heterocycles. The lowest BCUT2D eigenvalue weighted by atomic mass is 10.3. The van der Waals surface area contributed by atoms with E-state index < -0.39 is 6.09 Å². The van der Waals surface area contributed by atoms with Crippen LogP contribution in [-0.4, -0.2) is 39.8 Å². The van der Waals surface area contributed by atoms with Crippen molar-refractivity contribution in [2.24, 2.45) is 10.1 Å². The van der Waals surface area contributed by atoms with Gasteiger partial charge >= 0.3 is 6.09 Å². The van der Waals surface area contributed by atoms with E-state index in [9.17, 15) is 4.79 Å². The molecule has 2 aliphatic heterocycles. The van der Waals surface area contributed by atoms with Crippen LogP contribution in [0.15, 0.2) is 10.1 Å². The molecule has 0 radical (unpaired) electrons. The predicted molar refractivity (Wildman–Crippen MR) is 54.3 cm³/mol. The van der Waals surface area contributed by atoms with E-state index in [1.807, 2.05) is 0 Å². The summed E-state index contributed by atoms with van der Waals surface area (Å²) in [5.41, 5.74) is 0. The SMILES string of the molecule is COC(=O)N1N=CC2N=C(Br)SC21. The largest absolute Gasteiger partial charge is 0.451 e. The molecule has 2 unspecified atom stereocenters. The normalized spacial score (nSPS) is 30.3. The molecule has 0 fully saturated rings. The van der Waals surface area contributed by atoms with Crippen LogP contribution in [0.25, 0.3) is 0 Å². The molecular formula is C6H6BrN3O2S. The molecule has 2 atom stereocenters. The average Bonchev–Trinajstić information content (AvgIpc) is 2.61. The molecule has 2 aliphatic rings. The summed E-state index contributed by atoms with van der Waals surface area (Å²) in [6, 6.07) is -0.0431. The predicted octanol–water partition coefficient (Wildman–Crippen LogP) is 1.25. The second-order valence-electron chi connectivity index (χ2n) is 2.46. The number of aliphatic imine (C=N–C) groups is 1. The number of halogens is 1. The summed E-state index contributed by atoms with van der Waals surface area (Å²) in [5, 5.41) is 5.13. The van der Waals surface area contributed by atoms with Crippen molar-refractivity contribution in [1.82, 2.24) is 5.01 Å². The van der Waals surface area contributed by atoms with E-state index in [1.54, 1.807) is 6.21 Å². The molecule has 2 rings (SSSR count). The molecular weight excluding hydrogens is 258 g/mol. The Morgan fingerprint density at radius 2 is 2.62 bits per heavy atom. The fourth-order valence-corrected chi connectivity index (χ4v) is 2.84. The van der Waals surface area contributed by atoms with Crippen molar-refractivity contribution in [1.29, 1.82) is 0 Å². The Bertz CT molecular complexity index is 306. The molecule has 13 heavy (non-hydrogen) atoms. The second kappa shape index (κ2) is 3.30. The summed E-state index contributed by atoms with van der Waals surface area (Å²) in [6.45, 7) is 0. The number of methoxy groups -OCH3 is 1. The molecule has 0 saturated heterocycles. The highest BCUT2D eigenvalue weighted by molar-refractivity contribution is 9.22. The molecule has 0 N–H and O–H groups in total. The summed E-state index contributed by atoms with van der Waals surface area (Å²) in [5.74, 6) is 0. The van der Waals surface area contributed by atoms with Crippen molar-refractivity contribution < 1.29 is 9.53 Å². The lowest BCUT2D eigenvalue weighted by Gasteiger charge is -2.17. The Hall–Kier alpha value is -0.560. The van der Waals surface area contributed by atoms with Gasteiger partial charge in [0, 0.05) is 0 Å². The number of carbonyl (C=O) groups excluding carboxylic acids is 1. The van der Waals surface area contributed by atoms with Gasteiger partial charge in [-0.3, -0.25) is 4.99 Å². The standard InChI is InChI=1S/C6H6BrN3O2S/c1-12-6(11)10-4-3(2-8-10)9-5(7)13-4/h2-4H,1H3. The molecule has 0 saturated carbocycles. The van der Waals surface area contributed by atoms with Gasteiger partial charge in [0.05, 0.1) is 13.3 Å². The van der Waals surface area contributed by atoms with Crippen LogP contribution < -0.4 is 0 Å². The number of carbonyl (C=O) groups is 1. The van der Waals surface area contributed by atoms with Gasteiger partial charge in [-0.2, -0.15) is 10.1 Å². The third-order valence-electron chi connectivity index (χ3n) is 1.71. The average molecular weight is 264 g/mol. The topological polar surface area (TPSA) is 54.3 Å². The molecule has 0 aromatic carbocycles.